The maximum absolute atomic E-state index is 4.28. The van der Waals surface area contributed by atoms with Crippen LogP contribution in [0.2, 0.25) is 0 Å². The quantitative estimate of drug-likeness (QED) is 0.871. The molecule has 3 nitrogen and oxygen atoms in total. The van der Waals surface area contributed by atoms with E-state index in [1.54, 1.807) is 11.3 Å². The molecule has 1 aromatic rings. The minimum Gasteiger partial charge on any atom is -0.309 e. The van der Waals surface area contributed by atoms with Crippen molar-refractivity contribution in [2.24, 2.45) is 0 Å². The molecule has 0 aromatic carbocycles. The van der Waals surface area contributed by atoms with Crippen molar-refractivity contribution in [3.8, 4) is 0 Å². The summed E-state index contributed by atoms with van der Waals surface area (Å²) >= 11 is 1.79. The van der Waals surface area contributed by atoms with Crippen molar-refractivity contribution < 1.29 is 0 Å². The minimum absolute atomic E-state index is 0.690. The smallest absolute Gasteiger partial charge is 0.0897 e. The highest BCUT2D eigenvalue weighted by atomic mass is 32.1. The molecule has 16 heavy (non-hydrogen) atoms. The number of aromatic nitrogens is 1. The van der Waals surface area contributed by atoms with E-state index in [-0.39, 0.29) is 0 Å². The summed E-state index contributed by atoms with van der Waals surface area (Å²) in [6.07, 6.45) is 5.91. The monoisotopic (exact) mass is 239 g/mol. The number of thiazole rings is 1. The normalized spacial score (nSPS) is 25.5. The van der Waals surface area contributed by atoms with Crippen molar-refractivity contribution in [1.82, 2.24) is 15.2 Å². The first-order valence-corrected chi connectivity index (χ1v) is 6.78. The van der Waals surface area contributed by atoms with Gasteiger partial charge in [0, 0.05) is 29.7 Å². The Hall–Kier alpha value is -0.450. The van der Waals surface area contributed by atoms with Gasteiger partial charge in [-0.25, -0.2) is 4.98 Å². The first-order chi connectivity index (χ1) is 7.65. The molecule has 0 aliphatic heterocycles. The fraction of sp³-hybridized carbons (Fsp3) is 0.750. The van der Waals surface area contributed by atoms with E-state index in [2.05, 4.69) is 36.2 Å². The van der Waals surface area contributed by atoms with E-state index in [1.165, 1.54) is 24.1 Å². The third-order valence-electron chi connectivity index (χ3n) is 3.37. The second-order valence-electron chi connectivity index (χ2n) is 4.85. The van der Waals surface area contributed by atoms with Gasteiger partial charge in [-0.3, -0.25) is 0 Å². The second kappa shape index (κ2) is 5.25. The lowest BCUT2D eigenvalue weighted by Gasteiger charge is -2.19. The number of nitrogens with zero attached hydrogens (tertiary/aromatic N) is 2. The van der Waals surface area contributed by atoms with E-state index in [0.29, 0.717) is 6.04 Å². The molecule has 1 saturated carbocycles. The summed E-state index contributed by atoms with van der Waals surface area (Å²) in [6.45, 7) is 3.04. The van der Waals surface area contributed by atoms with Crippen LogP contribution in [0.3, 0.4) is 0 Å². The number of aryl methyl sites for hydroxylation is 1. The average molecular weight is 239 g/mol. The Morgan fingerprint density at radius 3 is 2.88 bits per heavy atom. The van der Waals surface area contributed by atoms with E-state index in [1.807, 2.05) is 6.20 Å². The van der Waals surface area contributed by atoms with Crippen LogP contribution < -0.4 is 5.32 Å². The van der Waals surface area contributed by atoms with Crippen LogP contribution >= 0.6 is 11.3 Å². The third kappa shape index (κ3) is 3.03. The van der Waals surface area contributed by atoms with Gasteiger partial charge in [-0.2, -0.15) is 0 Å². The lowest BCUT2D eigenvalue weighted by atomic mass is 10.2. The van der Waals surface area contributed by atoms with Crippen LogP contribution in [0.5, 0.6) is 0 Å². The van der Waals surface area contributed by atoms with E-state index in [4.69, 9.17) is 0 Å². The molecule has 0 spiro atoms. The van der Waals surface area contributed by atoms with Crippen LogP contribution in [-0.4, -0.2) is 36.1 Å². The maximum Gasteiger partial charge on any atom is 0.0897 e. The van der Waals surface area contributed by atoms with E-state index >= 15 is 0 Å². The number of hydrogen-bond donors (Lipinski definition) is 1. The first kappa shape index (κ1) is 12.0. The predicted molar refractivity (Wildman–Crippen MR) is 68.8 cm³/mol. The molecule has 1 N–H and O–H groups in total. The topological polar surface area (TPSA) is 28.2 Å². The average Bonchev–Trinajstić information content (AvgIpc) is 2.83. The number of rotatable bonds is 4. The van der Waals surface area contributed by atoms with Crippen molar-refractivity contribution in [1.29, 1.82) is 0 Å². The summed E-state index contributed by atoms with van der Waals surface area (Å²) in [5, 5.41) is 4.80. The minimum atomic E-state index is 0.690. The van der Waals surface area contributed by atoms with Crippen LogP contribution in [0.15, 0.2) is 6.20 Å². The Kier molecular flexibility index (Phi) is 3.95. The van der Waals surface area contributed by atoms with Crippen molar-refractivity contribution in [2.45, 2.75) is 44.8 Å². The van der Waals surface area contributed by atoms with Gasteiger partial charge in [0.1, 0.15) is 0 Å². The molecule has 1 aliphatic carbocycles. The van der Waals surface area contributed by atoms with Crippen molar-refractivity contribution in [3.05, 3.63) is 16.1 Å². The SMILES string of the molecule is Cc1ncc(CNC2CCC(N(C)C)C2)s1. The first-order valence-electron chi connectivity index (χ1n) is 5.96. The lowest BCUT2D eigenvalue weighted by Crippen LogP contribution is -2.30. The van der Waals surface area contributed by atoms with Gasteiger partial charge in [0.15, 0.2) is 0 Å². The molecule has 4 heteroatoms. The van der Waals surface area contributed by atoms with Crippen LogP contribution in [0.1, 0.15) is 29.1 Å². The predicted octanol–water partition coefficient (Wildman–Crippen LogP) is 2.02. The van der Waals surface area contributed by atoms with Gasteiger partial charge in [-0.1, -0.05) is 0 Å². The standard InChI is InChI=1S/C12H21N3S/c1-9-13-7-12(16-9)8-14-10-4-5-11(6-10)15(2)3/h7,10-11,14H,4-6,8H2,1-3H3. The summed E-state index contributed by atoms with van der Waals surface area (Å²) in [4.78, 5) is 7.97. The molecule has 0 saturated heterocycles. The van der Waals surface area contributed by atoms with Gasteiger partial charge in [-0.15, -0.1) is 11.3 Å². The zero-order chi connectivity index (χ0) is 11.5. The third-order valence-corrected chi connectivity index (χ3v) is 4.28. The summed E-state index contributed by atoms with van der Waals surface area (Å²) in [5.74, 6) is 0. The molecular weight excluding hydrogens is 218 g/mol. The van der Waals surface area contributed by atoms with Gasteiger partial charge in [0.2, 0.25) is 0 Å². The second-order valence-corrected chi connectivity index (χ2v) is 6.17. The zero-order valence-corrected chi connectivity index (χ0v) is 11.2. The maximum atomic E-state index is 4.28. The fourth-order valence-electron chi connectivity index (χ4n) is 2.34. The Morgan fingerprint density at radius 1 is 1.50 bits per heavy atom. The van der Waals surface area contributed by atoms with Crippen LogP contribution in [0.4, 0.5) is 0 Å². The Labute approximate surface area is 102 Å². The molecule has 2 rings (SSSR count). The summed E-state index contributed by atoms with van der Waals surface area (Å²) in [6, 6.07) is 1.45. The Morgan fingerprint density at radius 2 is 2.31 bits per heavy atom. The zero-order valence-electron chi connectivity index (χ0n) is 10.4. The molecule has 1 heterocycles. The molecule has 0 bridgehead atoms. The Bertz CT molecular complexity index is 335. The fourth-order valence-corrected chi connectivity index (χ4v) is 3.09. The molecule has 1 aromatic heterocycles. The highest BCUT2D eigenvalue weighted by molar-refractivity contribution is 7.11. The Balaban J connectivity index is 1.75. The van der Waals surface area contributed by atoms with Crippen LogP contribution in [0.25, 0.3) is 0 Å². The molecule has 1 fully saturated rings. The van der Waals surface area contributed by atoms with Crippen LogP contribution in [0, 0.1) is 6.92 Å². The van der Waals surface area contributed by atoms with E-state index < -0.39 is 0 Å². The van der Waals surface area contributed by atoms with Gasteiger partial charge in [-0.05, 0) is 40.3 Å². The van der Waals surface area contributed by atoms with Gasteiger partial charge in [0.05, 0.1) is 5.01 Å². The molecule has 1 aliphatic rings. The van der Waals surface area contributed by atoms with Gasteiger partial charge in [0.25, 0.3) is 0 Å². The van der Waals surface area contributed by atoms with Crippen molar-refractivity contribution in [2.75, 3.05) is 14.1 Å². The summed E-state index contributed by atoms with van der Waals surface area (Å²) in [7, 11) is 4.36. The van der Waals surface area contributed by atoms with E-state index in [0.717, 1.165) is 17.6 Å². The molecule has 90 valence electrons. The highest BCUT2D eigenvalue weighted by Crippen LogP contribution is 2.23. The van der Waals surface area contributed by atoms with E-state index in [9.17, 15) is 0 Å². The molecule has 0 amide bonds. The van der Waals surface area contributed by atoms with Crippen LogP contribution in [-0.2, 0) is 6.54 Å². The number of hydrogen-bond acceptors (Lipinski definition) is 4. The number of nitrogens with one attached hydrogen (secondary N) is 1. The molecule has 0 radical (unpaired) electrons. The van der Waals surface area contributed by atoms with Gasteiger partial charge >= 0.3 is 0 Å². The highest BCUT2D eigenvalue weighted by Gasteiger charge is 2.25. The van der Waals surface area contributed by atoms with Crippen molar-refractivity contribution >= 4 is 11.3 Å². The van der Waals surface area contributed by atoms with Gasteiger partial charge < -0.3 is 10.2 Å². The lowest BCUT2D eigenvalue weighted by molar-refractivity contribution is 0.293. The largest absolute Gasteiger partial charge is 0.309 e. The molecule has 2 unspecified atom stereocenters. The van der Waals surface area contributed by atoms with Crippen molar-refractivity contribution in [3.63, 3.8) is 0 Å². The molecule has 2 atom stereocenters. The summed E-state index contributed by atoms with van der Waals surface area (Å²) < 4.78 is 0. The molecular formula is C12H21N3S. The summed E-state index contributed by atoms with van der Waals surface area (Å²) in [5.41, 5.74) is 0.